The third kappa shape index (κ3) is 2.40. The summed E-state index contributed by atoms with van der Waals surface area (Å²) in [7, 11) is 0. The van der Waals surface area contributed by atoms with Gasteiger partial charge in [0.15, 0.2) is 0 Å². The summed E-state index contributed by atoms with van der Waals surface area (Å²) in [6.45, 7) is 4.11. The first-order chi connectivity index (χ1) is 10.9. The second-order valence-electron chi connectivity index (χ2n) is 5.74. The Balaban J connectivity index is 2.01. The molecule has 0 fully saturated rings. The van der Waals surface area contributed by atoms with E-state index < -0.39 is 17.8 Å². The zero-order chi connectivity index (χ0) is 16.7. The molecule has 3 rings (SSSR count). The first-order valence-corrected chi connectivity index (χ1v) is 7.24. The summed E-state index contributed by atoms with van der Waals surface area (Å²) in [4.78, 5) is 36.9. The Morgan fingerprint density at radius 2 is 1.57 bits per heavy atom. The molecular weight excluding hydrogens is 294 g/mol. The van der Waals surface area contributed by atoms with Gasteiger partial charge in [0.05, 0.1) is 22.8 Å². The van der Waals surface area contributed by atoms with Crippen LogP contribution < -0.4 is 10.0 Å². The van der Waals surface area contributed by atoms with Crippen LogP contribution >= 0.6 is 0 Å². The van der Waals surface area contributed by atoms with Crippen LogP contribution in [-0.2, 0) is 0 Å². The van der Waals surface area contributed by atoms with E-state index in [9.17, 15) is 19.5 Å². The molecule has 2 aromatic rings. The van der Waals surface area contributed by atoms with Gasteiger partial charge in [0.2, 0.25) is 0 Å². The number of nitrogens with zero attached hydrogens (tertiary/aromatic N) is 1. The highest BCUT2D eigenvalue weighted by molar-refractivity contribution is 6.34. The van der Waals surface area contributed by atoms with Crippen molar-refractivity contribution in [1.82, 2.24) is 0 Å². The summed E-state index contributed by atoms with van der Waals surface area (Å²) in [5.41, 5.74) is 1.74. The minimum atomic E-state index is -1.38. The van der Waals surface area contributed by atoms with Crippen LogP contribution in [0.2, 0.25) is 0 Å². The van der Waals surface area contributed by atoms with Crippen LogP contribution in [-0.4, -0.2) is 17.8 Å². The van der Waals surface area contributed by atoms with Crippen molar-refractivity contribution in [3.63, 3.8) is 0 Å². The Morgan fingerprint density at radius 3 is 2.13 bits per heavy atom. The molecule has 0 unspecified atom stereocenters. The smallest absolute Gasteiger partial charge is 0.266 e. The first-order valence-electron chi connectivity index (χ1n) is 7.24. The minimum Gasteiger partial charge on any atom is -0.545 e. The summed E-state index contributed by atoms with van der Waals surface area (Å²) in [6.07, 6.45) is 0. The number of carboxylic acid groups (broad SMARTS) is 1. The van der Waals surface area contributed by atoms with E-state index in [0.717, 1.165) is 10.5 Å². The Bertz CT molecular complexity index is 821. The van der Waals surface area contributed by atoms with Crippen LogP contribution in [0.1, 0.15) is 56.4 Å². The zero-order valence-electron chi connectivity index (χ0n) is 12.7. The van der Waals surface area contributed by atoms with Crippen LogP contribution in [0.5, 0.6) is 0 Å². The van der Waals surface area contributed by atoms with Crippen LogP contribution in [0.15, 0.2) is 42.5 Å². The van der Waals surface area contributed by atoms with Crippen molar-refractivity contribution in [1.29, 1.82) is 0 Å². The molecule has 0 N–H and O–H groups in total. The van der Waals surface area contributed by atoms with E-state index in [4.69, 9.17) is 0 Å². The van der Waals surface area contributed by atoms with Crippen LogP contribution in [0.3, 0.4) is 0 Å². The molecule has 1 heterocycles. The fraction of sp³-hybridized carbons (Fsp3) is 0.167. The van der Waals surface area contributed by atoms with Gasteiger partial charge in [-0.1, -0.05) is 32.0 Å². The molecule has 1 aliphatic heterocycles. The average molecular weight is 308 g/mol. The molecule has 0 radical (unpaired) electrons. The average Bonchev–Trinajstić information content (AvgIpc) is 2.78. The van der Waals surface area contributed by atoms with Gasteiger partial charge in [-0.25, -0.2) is 4.90 Å². The number of amides is 2. The van der Waals surface area contributed by atoms with Gasteiger partial charge in [0, 0.05) is 0 Å². The van der Waals surface area contributed by atoms with E-state index in [-0.39, 0.29) is 16.7 Å². The number of fused-ring (bicyclic) bond motifs is 1. The highest BCUT2D eigenvalue weighted by atomic mass is 16.4. The van der Waals surface area contributed by atoms with E-state index >= 15 is 0 Å². The Hall–Kier alpha value is -2.95. The van der Waals surface area contributed by atoms with Gasteiger partial charge in [-0.3, -0.25) is 9.59 Å². The van der Waals surface area contributed by atoms with Gasteiger partial charge in [-0.2, -0.15) is 0 Å². The number of hydrogen-bond acceptors (Lipinski definition) is 4. The maximum Gasteiger partial charge on any atom is 0.266 e. The molecule has 0 spiro atoms. The molecule has 116 valence electrons. The molecule has 23 heavy (non-hydrogen) atoms. The number of anilines is 1. The highest BCUT2D eigenvalue weighted by Gasteiger charge is 2.36. The Labute approximate surface area is 133 Å². The van der Waals surface area contributed by atoms with E-state index in [1.807, 2.05) is 12.1 Å². The molecule has 5 nitrogen and oxygen atoms in total. The van der Waals surface area contributed by atoms with Crippen LogP contribution in [0.4, 0.5) is 5.69 Å². The number of imide groups is 1. The van der Waals surface area contributed by atoms with Crippen molar-refractivity contribution >= 4 is 23.5 Å². The molecule has 2 amide bonds. The molecule has 0 saturated heterocycles. The third-order valence-electron chi connectivity index (χ3n) is 3.94. The largest absolute Gasteiger partial charge is 0.545 e. The standard InChI is InChI=1S/C18H15NO4/c1-10(2)11-3-6-13(7-4-11)19-16(20)14-8-5-12(18(22)23)9-15(14)17(19)21/h3-10H,1-2H3,(H,22,23)/p-1. The van der Waals surface area contributed by atoms with E-state index in [1.165, 1.54) is 18.2 Å². The SMILES string of the molecule is CC(C)c1ccc(N2C(=O)c3ccc(C(=O)[O-])cc3C2=O)cc1. The number of aromatic carboxylic acids is 1. The maximum absolute atomic E-state index is 12.5. The summed E-state index contributed by atoms with van der Waals surface area (Å²) in [6, 6.07) is 11.0. The molecule has 0 atom stereocenters. The fourth-order valence-corrected chi connectivity index (χ4v) is 2.61. The number of rotatable bonds is 3. The zero-order valence-corrected chi connectivity index (χ0v) is 12.7. The summed E-state index contributed by atoms with van der Waals surface area (Å²) < 4.78 is 0. The highest BCUT2D eigenvalue weighted by Crippen LogP contribution is 2.30. The summed E-state index contributed by atoms with van der Waals surface area (Å²) in [5, 5.41) is 10.9. The number of carbonyl (C=O) groups is 3. The summed E-state index contributed by atoms with van der Waals surface area (Å²) in [5.74, 6) is -2.01. The van der Waals surface area contributed by atoms with Gasteiger partial charge >= 0.3 is 0 Å². The number of carboxylic acids is 1. The van der Waals surface area contributed by atoms with Crippen LogP contribution in [0.25, 0.3) is 0 Å². The molecule has 2 aromatic carbocycles. The number of hydrogen-bond donors (Lipinski definition) is 0. The summed E-state index contributed by atoms with van der Waals surface area (Å²) >= 11 is 0. The van der Waals surface area contributed by atoms with Crippen molar-refractivity contribution < 1.29 is 19.5 Å². The predicted octanol–water partition coefficient (Wildman–Crippen LogP) is 1.97. The molecular formula is C18H14NO4-. The number of carbonyl (C=O) groups excluding carboxylic acids is 3. The monoisotopic (exact) mass is 308 g/mol. The van der Waals surface area contributed by atoms with Gasteiger partial charge < -0.3 is 9.90 Å². The molecule has 0 bridgehead atoms. The normalized spacial score (nSPS) is 13.6. The molecule has 0 aromatic heterocycles. The van der Waals surface area contributed by atoms with Crippen molar-refractivity contribution in [2.24, 2.45) is 0 Å². The minimum absolute atomic E-state index is 0.0876. The predicted molar refractivity (Wildman–Crippen MR) is 82.4 cm³/mol. The quantitative estimate of drug-likeness (QED) is 0.812. The second kappa shape index (κ2) is 5.35. The van der Waals surface area contributed by atoms with Gasteiger partial charge in [0.1, 0.15) is 0 Å². The third-order valence-corrected chi connectivity index (χ3v) is 3.94. The van der Waals surface area contributed by atoms with E-state index in [1.54, 1.807) is 12.1 Å². The fourth-order valence-electron chi connectivity index (χ4n) is 2.61. The van der Waals surface area contributed by atoms with Crippen LogP contribution in [0, 0.1) is 0 Å². The van der Waals surface area contributed by atoms with Crippen molar-refractivity contribution in [3.8, 4) is 0 Å². The lowest BCUT2D eigenvalue weighted by molar-refractivity contribution is -0.255. The van der Waals surface area contributed by atoms with Gasteiger partial charge in [0.25, 0.3) is 11.8 Å². The van der Waals surface area contributed by atoms with Gasteiger partial charge in [-0.15, -0.1) is 0 Å². The lowest BCUT2D eigenvalue weighted by atomic mass is 10.0. The number of benzene rings is 2. The lowest BCUT2D eigenvalue weighted by Crippen LogP contribution is -2.29. The van der Waals surface area contributed by atoms with Crippen molar-refractivity contribution in [2.75, 3.05) is 4.90 Å². The van der Waals surface area contributed by atoms with Crippen molar-refractivity contribution in [2.45, 2.75) is 19.8 Å². The topological polar surface area (TPSA) is 77.5 Å². The Kier molecular flexibility index (Phi) is 3.48. The molecule has 5 heteroatoms. The lowest BCUT2D eigenvalue weighted by Gasteiger charge is -2.15. The maximum atomic E-state index is 12.5. The molecule has 1 aliphatic rings. The second-order valence-corrected chi connectivity index (χ2v) is 5.74. The molecule has 0 saturated carbocycles. The van der Waals surface area contributed by atoms with Crippen molar-refractivity contribution in [3.05, 3.63) is 64.7 Å². The van der Waals surface area contributed by atoms with Gasteiger partial charge in [-0.05, 0) is 41.3 Å². The molecule has 0 aliphatic carbocycles. The van der Waals surface area contributed by atoms with E-state index in [0.29, 0.717) is 11.6 Å². The Morgan fingerprint density at radius 1 is 0.957 bits per heavy atom. The van der Waals surface area contributed by atoms with E-state index in [2.05, 4.69) is 13.8 Å². The first kappa shape index (κ1) is 15.0.